The average molecular weight is 208 g/mol. The van der Waals surface area contributed by atoms with Crippen molar-refractivity contribution in [3.63, 3.8) is 0 Å². The lowest BCUT2D eigenvalue weighted by molar-refractivity contribution is 0.178. The van der Waals surface area contributed by atoms with Crippen molar-refractivity contribution in [1.82, 2.24) is 20.8 Å². The topological polar surface area (TPSA) is 87.1 Å². The van der Waals surface area contributed by atoms with Crippen molar-refractivity contribution in [2.45, 2.75) is 12.0 Å². The zero-order valence-electron chi connectivity index (χ0n) is 8.10. The molecule has 0 radical (unpaired) electrons. The fourth-order valence-electron chi connectivity index (χ4n) is 1.84. The molecule has 6 heteroatoms. The normalized spacial score (nSPS) is 25.1. The van der Waals surface area contributed by atoms with E-state index in [1.165, 1.54) is 0 Å². The second-order valence-electron chi connectivity index (χ2n) is 3.55. The number of carboxylic acid groups (broad SMARTS) is 1. The number of nitrogens with zero attached hydrogens (tertiary/aromatic N) is 2. The third-order valence-corrected chi connectivity index (χ3v) is 2.56. The van der Waals surface area contributed by atoms with Gasteiger partial charge in [0.15, 0.2) is 0 Å². The Bertz CT molecular complexity index is 348. The van der Waals surface area contributed by atoms with E-state index >= 15 is 0 Å². The van der Waals surface area contributed by atoms with Crippen LogP contribution in [0.3, 0.4) is 0 Å². The van der Waals surface area contributed by atoms with Crippen LogP contribution in [-0.2, 0) is 5.54 Å². The number of nitrogens with one attached hydrogen (secondary N) is 2. The van der Waals surface area contributed by atoms with E-state index in [1.807, 2.05) is 0 Å². The summed E-state index contributed by atoms with van der Waals surface area (Å²) < 4.78 is 0. The maximum Gasteiger partial charge on any atom is 0.405 e. The van der Waals surface area contributed by atoms with Gasteiger partial charge < -0.3 is 15.7 Å². The Kier molecular flexibility index (Phi) is 2.51. The molecule has 0 aliphatic carbocycles. The Labute approximate surface area is 86.7 Å². The SMILES string of the molecule is O=C(O)N[C@]1(c2cccnn2)CCNC1. The van der Waals surface area contributed by atoms with Gasteiger partial charge in [-0.1, -0.05) is 0 Å². The first-order valence-electron chi connectivity index (χ1n) is 4.73. The van der Waals surface area contributed by atoms with Crippen molar-refractivity contribution < 1.29 is 9.90 Å². The van der Waals surface area contributed by atoms with Crippen molar-refractivity contribution in [3.8, 4) is 0 Å². The number of rotatable bonds is 2. The van der Waals surface area contributed by atoms with Crippen LogP contribution in [0.1, 0.15) is 12.1 Å². The summed E-state index contributed by atoms with van der Waals surface area (Å²) in [5, 5.41) is 22.2. The fraction of sp³-hybridized carbons (Fsp3) is 0.444. The van der Waals surface area contributed by atoms with E-state index in [0.29, 0.717) is 18.7 Å². The second-order valence-corrected chi connectivity index (χ2v) is 3.55. The molecule has 80 valence electrons. The van der Waals surface area contributed by atoms with Crippen LogP contribution in [0.4, 0.5) is 4.79 Å². The molecule has 6 nitrogen and oxygen atoms in total. The number of hydrogen-bond donors (Lipinski definition) is 3. The van der Waals surface area contributed by atoms with Gasteiger partial charge in [0.2, 0.25) is 0 Å². The van der Waals surface area contributed by atoms with Crippen LogP contribution in [0.15, 0.2) is 18.3 Å². The quantitative estimate of drug-likeness (QED) is 0.633. The number of aromatic nitrogens is 2. The number of carbonyl (C=O) groups is 1. The summed E-state index contributed by atoms with van der Waals surface area (Å²) >= 11 is 0. The summed E-state index contributed by atoms with van der Waals surface area (Å²) in [6.07, 6.45) is 1.22. The molecule has 1 aliphatic rings. The van der Waals surface area contributed by atoms with E-state index < -0.39 is 11.6 Å². The third-order valence-electron chi connectivity index (χ3n) is 2.56. The molecule has 0 spiro atoms. The summed E-state index contributed by atoms with van der Waals surface area (Å²) in [4.78, 5) is 10.7. The molecule has 0 aromatic carbocycles. The smallest absolute Gasteiger partial charge is 0.405 e. The second kappa shape index (κ2) is 3.82. The van der Waals surface area contributed by atoms with E-state index in [0.717, 1.165) is 6.54 Å². The molecule has 1 saturated heterocycles. The molecular weight excluding hydrogens is 196 g/mol. The highest BCUT2D eigenvalue weighted by Gasteiger charge is 2.38. The maximum atomic E-state index is 10.7. The highest BCUT2D eigenvalue weighted by atomic mass is 16.4. The van der Waals surface area contributed by atoms with Crippen molar-refractivity contribution in [1.29, 1.82) is 0 Å². The van der Waals surface area contributed by atoms with E-state index in [1.54, 1.807) is 18.3 Å². The minimum atomic E-state index is -1.04. The standard InChI is InChI=1S/C9H12N4O2/c14-8(15)12-9(3-5-10-6-9)7-2-1-4-11-13-7/h1-2,4,10,12H,3,5-6H2,(H,14,15)/t9-/m1/s1. The summed E-state index contributed by atoms with van der Waals surface area (Å²) in [5.41, 5.74) is 0.0394. The van der Waals surface area contributed by atoms with E-state index in [-0.39, 0.29) is 0 Å². The minimum absolute atomic E-state index is 0.554. The molecule has 1 aromatic rings. The van der Waals surface area contributed by atoms with Gasteiger partial charge in [-0.15, -0.1) is 0 Å². The molecule has 0 saturated carbocycles. The number of hydrogen-bond acceptors (Lipinski definition) is 4. The van der Waals surface area contributed by atoms with E-state index in [9.17, 15) is 4.79 Å². The lowest BCUT2D eigenvalue weighted by Crippen LogP contribution is -2.47. The molecule has 1 atom stereocenters. The Balaban J connectivity index is 2.30. The summed E-state index contributed by atoms with van der Waals surface area (Å²) in [7, 11) is 0. The molecule has 0 unspecified atom stereocenters. The van der Waals surface area contributed by atoms with Gasteiger partial charge in [-0.25, -0.2) is 4.79 Å². The maximum absolute atomic E-state index is 10.7. The summed E-state index contributed by atoms with van der Waals surface area (Å²) in [5.74, 6) is 0. The van der Waals surface area contributed by atoms with Crippen LogP contribution in [0.2, 0.25) is 0 Å². The third kappa shape index (κ3) is 1.89. The van der Waals surface area contributed by atoms with Crippen molar-refractivity contribution in [2.24, 2.45) is 0 Å². The van der Waals surface area contributed by atoms with Crippen molar-refractivity contribution in [2.75, 3.05) is 13.1 Å². The predicted octanol–water partition coefficient (Wildman–Crippen LogP) is -0.0672. The molecule has 1 fully saturated rings. The minimum Gasteiger partial charge on any atom is -0.465 e. The first-order valence-corrected chi connectivity index (χ1v) is 4.73. The van der Waals surface area contributed by atoms with Crippen LogP contribution in [0.5, 0.6) is 0 Å². The lowest BCUT2D eigenvalue weighted by atomic mass is 9.94. The average Bonchev–Trinajstić information content (AvgIpc) is 2.68. The molecule has 2 heterocycles. The highest BCUT2D eigenvalue weighted by Crippen LogP contribution is 2.25. The first kappa shape index (κ1) is 9.85. The van der Waals surface area contributed by atoms with Crippen molar-refractivity contribution in [3.05, 3.63) is 24.0 Å². The van der Waals surface area contributed by atoms with Crippen LogP contribution in [0.25, 0.3) is 0 Å². The molecule has 0 bridgehead atoms. The van der Waals surface area contributed by atoms with Gasteiger partial charge in [-0.3, -0.25) is 0 Å². The Morgan fingerprint density at radius 1 is 1.67 bits per heavy atom. The summed E-state index contributed by atoms with van der Waals surface area (Å²) in [6, 6.07) is 3.54. The monoisotopic (exact) mass is 208 g/mol. The largest absolute Gasteiger partial charge is 0.465 e. The Hall–Kier alpha value is -1.69. The van der Waals surface area contributed by atoms with Gasteiger partial charge >= 0.3 is 6.09 Å². The van der Waals surface area contributed by atoms with Gasteiger partial charge in [-0.2, -0.15) is 10.2 Å². The zero-order valence-corrected chi connectivity index (χ0v) is 8.10. The van der Waals surface area contributed by atoms with Gasteiger partial charge in [0, 0.05) is 12.7 Å². The Morgan fingerprint density at radius 3 is 3.07 bits per heavy atom. The van der Waals surface area contributed by atoms with E-state index in [4.69, 9.17) is 5.11 Å². The first-order chi connectivity index (χ1) is 7.23. The van der Waals surface area contributed by atoms with Gasteiger partial charge in [0.05, 0.1) is 5.69 Å². The molecule has 1 aromatic heterocycles. The van der Waals surface area contributed by atoms with E-state index in [2.05, 4.69) is 20.8 Å². The highest BCUT2D eigenvalue weighted by molar-refractivity contribution is 5.66. The summed E-state index contributed by atoms with van der Waals surface area (Å²) in [6.45, 7) is 1.33. The van der Waals surface area contributed by atoms with Crippen LogP contribution < -0.4 is 10.6 Å². The van der Waals surface area contributed by atoms with Gasteiger partial charge in [0.25, 0.3) is 0 Å². The predicted molar refractivity (Wildman–Crippen MR) is 52.4 cm³/mol. The molecule has 15 heavy (non-hydrogen) atoms. The van der Waals surface area contributed by atoms with Gasteiger partial charge in [0.1, 0.15) is 5.54 Å². The molecule has 3 N–H and O–H groups in total. The fourth-order valence-corrected chi connectivity index (χ4v) is 1.84. The van der Waals surface area contributed by atoms with Crippen LogP contribution >= 0.6 is 0 Å². The van der Waals surface area contributed by atoms with Crippen molar-refractivity contribution >= 4 is 6.09 Å². The number of amides is 1. The van der Waals surface area contributed by atoms with Crippen LogP contribution in [0, 0.1) is 0 Å². The zero-order chi connectivity index (χ0) is 10.7. The molecule has 1 amide bonds. The molecular formula is C9H12N4O2. The molecule has 2 rings (SSSR count). The lowest BCUT2D eigenvalue weighted by Gasteiger charge is -2.26. The Morgan fingerprint density at radius 2 is 2.53 bits per heavy atom. The van der Waals surface area contributed by atoms with Gasteiger partial charge in [-0.05, 0) is 25.1 Å². The molecule has 1 aliphatic heterocycles. The van der Waals surface area contributed by atoms with Crippen LogP contribution in [-0.4, -0.2) is 34.5 Å².